The van der Waals surface area contributed by atoms with Crippen molar-refractivity contribution >= 4 is 28.3 Å². The van der Waals surface area contributed by atoms with Gasteiger partial charge in [-0.2, -0.15) is 4.68 Å². The molecule has 134 valence electrons. The first kappa shape index (κ1) is 17.4. The molecule has 5 nitrogen and oxygen atoms in total. The number of ketones is 1. The zero-order valence-corrected chi connectivity index (χ0v) is 15.9. The Balaban J connectivity index is 1.54. The van der Waals surface area contributed by atoms with E-state index < -0.39 is 0 Å². The average molecular weight is 374 g/mol. The number of tetrazole rings is 1. The van der Waals surface area contributed by atoms with Gasteiger partial charge in [0, 0.05) is 5.56 Å². The molecule has 1 heterocycles. The van der Waals surface area contributed by atoms with Gasteiger partial charge in [0.25, 0.3) is 0 Å². The predicted molar refractivity (Wildman–Crippen MR) is 108 cm³/mol. The lowest BCUT2D eigenvalue weighted by Gasteiger charge is -2.08. The number of benzene rings is 3. The first-order valence-corrected chi connectivity index (χ1v) is 9.61. The molecule has 0 atom stereocenters. The summed E-state index contributed by atoms with van der Waals surface area (Å²) < 4.78 is 1.70. The highest BCUT2D eigenvalue weighted by atomic mass is 32.2. The van der Waals surface area contributed by atoms with Crippen molar-refractivity contribution in [3.63, 3.8) is 0 Å². The van der Waals surface area contributed by atoms with Crippen LogP contribution in [0.2, 0.25) is 0 Å². The number of carbonyl (C=O) groups excluding carboxylic acids is 1. The van der Waals surface area contributed by atoms with Crippen molar-refractivity contribution in [2.24, 2.45) is 0 Å². The first-order chi connectivity index (χ1) is 13.1. The summed E-state index contributed by atoms with van der Waals surface area (Å²) in [5.41, 5.74) is 3.84. The Morgan fingerprint density at radius 3 is 2.67 bits per heavy atom. The third kappa shape index (κ3) is 3.61. The monoisotopic (exact) mass is 374 g/mol. The van der Waals surface area contributed by atoms with Gasteiger partial charge in [0.05, 0.1) is 11.4 Å². The minimum atomic E-state index is 0.0567. The smallest absolute Gasteiger partial charge is 0.214 e. The molecular formula is C21H18N4OS. The summed E-state index contributed by atoms with van der Waals surface area (Å²) in [7, 11) is 0. The van der Waals surface area contributed by atoms with Crippen LogP contribution >= 0.6 is 11.8 Å². The number of hydrogen-bond donors (Lipinski definition) is 0. The number of aromatic nitrogens is 4. The Morgan fingerprint density at radius 1 is 1.00 bits per heavy atom. The molecule has 1 aromatic heterocycles. The number of hydrogen-bond acceptors (Lipinski definition) is 5. The van der Waals surface area contributed by atoms with Crippen molar-refractivity contribution in [3.05, 3.63) is 77.4 Å². The van der Waals surface area contributed by atoms with E-state index in [1.54, 1.807) is 4.68 Å². The second-order valence-corrected chi connectivity index (χ2v) is 7.38. The van der Waals surface area contributed by atoms with E-state index >= 15 is 0 Å². The molecule has 4 rings (SSSR count). The van der Waals surface area contributed by atoms with E-state index in [1.165, 1.54) is 11.8 Å². The molecule has 0 amide bonds. The van der Waals surface area contributed by atoms with Crippen molar-refractivity contribution in [1.29, 1.82) is 0 Å². The second kappa shape index (κ2) is 7.32. The van der Waals surface area contributed by atoms with Gasteiger partial charge in [0.2, 0.25) is 5.16 Å². The molecule has 0 unspecified atom stereocenters. The van der Waals surface area contributed by atoms with E-state index in [2.05, 4.69) is 21.6 Å². The van der Waals surface area contributed by atoms with Gasteiger partial charge in [-0.15, -0.1) is 5.10 Å². The third-order valence-corrected chi connectivity index (χ3v) is 5.36. The van der Waals surface area contributed by atoms with Crippen LogP contribution in [-0.4, -0.2) is 31.7 Å². The number of Topliss-reactive ketones (excluding diaryl/α,β-unsaturated/α-hetero) is 1. The molecule has 0 saturated heterocycles. The molecule has 0 aliphatic heterocycles. The largest absolute Gasteiger partial charge is 0.293 e. The fourth-order valence-electron chi connectivity index (χ4n) is 2.94. The fraction of sp³-hybridized carbons (Fsp3) is 0.143. The molecule has 6 heteroatoms. The molecule has 0 radical (unpaired) electrons. The van der Waals surface area contributed by atoms with E-state index in [0.29, 0.717) is 10.7 Å². The number of nitrogens with zero attached hydrogens (tertiary/aromatic N) is 4. The summed E-state index contributed by atoms with van der Waals surface area (Å²) in [6.07, 6.45) is 0. The number of fused-ring (bicyclic) bond motifs is 1. The highest BCUT2D eigenvalue weighted by Gasteiger charge is 2.14. The van der Waals surface area contributed by atoms with Gasteiger partial charge in [-0.3, -0.25) is 4.79 Å². The highest BCUT2D eigenvalue weighted by Crippen LogP contribution is 2.23. The molecule has 0 fully saturated rings. The summed E-state index contributed by atoms with van der Waals surface area (Å²) in [6.45, 7) is 4.05. The molecule has 27 heavy (non-hydrogen) atoms. The number of aryl methyl sites for hydroxylation is 2. The zero-order chi connectivity index (χ0) is 18.8. The quantitative estimate of drug-likeness (QED) is 0.383. The van der Waals surface area contributed by atoms with Crippen LogP contribution in [0.1, 0.15) is 21.5 Å². The predicted octanol–water partition coefficient (Wildman–Crippen LogP) is 4.41. The van der Waals surface area contributed by atoms with Crippen LogP contribution in [0.15, 0.2) is 65.8 Å². The van der Waals surface area contributed by atoms with Crippen molar-refractivity contribution < 1.29 is 4.79 Å². The molecule has 3 aromatic carbocycles. The molecule has 0 bridgehead atoms. The Kier molecular flexibility index (Phi) is 4.73. The lowest BCUT2D eigenvalue weighted by atomic mass is 10.1. The molecule has 0 spiro atoms. The van der Waals surface area contributed by atoms with Crippen molar-refractivity contribution in [3.8, 4) is 5.69 Å². The minimum absolute atomic E-state index is 0.0567. The topological polar surface area (TPSA) is 60.7 Å². The van der Waals surface area contributed by atoms with Crippen molar-refractivity contribution in [2.45, 2.75) is 19.0 Å². The van der Waals surface area contributed by atoms with Gasteiger partial charge < -0.3 is 0 Å². The SMILES string of the molecule is Cc1ccc(C)c(-n2nnnc2SCC(=O)c2ccc3ccccc3c2)c1. The first-order valence-electron chi connectivity index (χ1n) is 8.62. The number of rotatable bonds is 5. The third-order valence-electron chi connectivity index (χ3n) is 4.44. The summed E-state index contributed by atoms with van der Waals surface area (Å²) in [4.78, 5) is 12.7. The molecule has 0 aliphatic carbocycles. The normalized spacial score (nSPS) is 11.0. The number of thioether (sulfide) groups is 1. The van der Waals surface area contributed by atoms with Crippen LogP contribution in [0.25, 0.3) is 16.5 Å². The van der Waals surface area contributed by atoms with E-state index in [9.17, 15) is 4.79 Å². The van der Waals surface area contributed by atoms with E-state index in [-0.39, 0.29) is 11.5 Å². The maximum Gasteiger partial charge on any atom is 0.214 e. The lowest BCUT2D eigenvalue weighted by molar-refractivity contribution is 0.102. The molecular weight excluding hydrogens is 356 g/mol. The van der Waals surface area contributed by atoms with Crippen LogP contribution < -0.4 is 0 Å². The van der Waals surface area contributed by atoms with E-state index in [4.69, 9.17) is 0 Å². The molecule has 4 aromatic rings. The summed E-state index contributed by atoms with van der Waals surface area (Å²) in [6, 6.07) is 20.0. The molecule has 0 N–H and O–H groups in total. The minimum Gasteiger partial charge on any atom is -0.293 e. The van der Waals surface area contributed by atoms with Gasteiger partial charge in [-0.05, 0) is 58.3 Å². The van der Waals surface area contributed by atoms with Gasteiger partial charge >= 0.3 is 0 Å². The zero-order valence-electron chi connectivity index (χ0n) is 15.1. The Hall–Kier alpha value is -2.99. The van der Waals surface area contributed by atoms with Gasteiger partial charge in [-0.1, -0.05) is 60.3 Å². The van der Waals surface area contributed by atoms with E-state index in [1.807, 2.05) is 68.4 Å². The Bertz CT molecular complexity index is 1140. The van der Waals surface area contributed by atoms with Gasteiger partial charge in [0.15, 0.2) is 5.78 Å². The fourth-order valence-corrected chi connectivity index (χ4v) is 3.72. The standard InChI is InChI=1S/C21H18N4OS/c1-14-7-8-15(2)19(11-14)25-21(22-23-24-25)27-13-20(26)18-10-9-16-5-3-4-6-17(16)12-18/h3-12H,13H2,1-2H3. The Labute approximate surface area is 161 Å². The maximum absolute atomic E-state index is 12.7. The van der Waals surface area contributed by atoms with Gasteiger partial charge in [-0.25, -0.2) is 0 Å². The second-order valence-electron chi connectivity index (χ2n) is 6.44. The summed E-state index contributed by atoms with van der Waals surface area (Å²) in [5.74, 6) is 0.338. The van der Waals surface area contributed by atoms with Crippen LogP contribution in [0.4, 0.5) is 0 Å². The van der Waals surface area contributed by atoms with Crippen LogP contribution in [0, 0.1) is 13.8 Å². The van der Waals surface area contributed by atoms with Crippen LogP contribution in [0.3, 0.4) is 0 Å². The lowest BCUT2D eigenvalue weighted by Crippen LogP contribution is -2.06. The van der Waals surface area contributed by atoms with E-state index in [0.717, 1.165) is 27.6 Å². The summed E-state index contributed by atoms with van der Waals surface area (Å²) in [5, 5.41) is 14.8. The van der Waals surface area contributed by atoms with Crippen LogP contribution in [0.5, 0.6) is 0 Å². The van der Waals surface area contributed by atoms with Crippen molar-refractivity contribution in [1.82, 2.24) is 20.2 Å². The van der Waals surface area contributed by atoms with Gasteiger partial charge in [0.1, 0.15) is 0 Å². The molecule has 0 saturated carbocycles. The highest BCUT2D eigenvalue weighted by molar-refractivity contribution is 7.99. The summed E-state index contributed by atoms with van der Waals surface area (Å²) >= 11 is 1.35. The van der Waals surface area contributed by atoms with Crippen molar-refractivity contribution in [2.75, 3.05) is 5.75 Å². The number of carbonyl (C=O) groups is 1. The average Bonchev–Trinajstić information content (AvgIpc) is 3.16. The maximum atomic E-state index is 12.7. The van der Waals surface area contributed by atoms with Crippen LogP contribution in [-0.2, 0) is 0 Å². The molecule has 0 aliphatic rings. The Morgan fingerprint density at radius 2 is 1.81 bits per heavy atom.